The van der Waals surface area contributed by atoms with Crippen LogP contribution in [0.25, 0.3) is 11.5 Å². The number of methoxy groups -OCH3 is 1. The van der Waals surface area contributed by atoms with Gasteiger partial charge >= 0.3 is 0 Å². The summed E-state index contributed by atoms with van der Waals surface area (Å²) in [4.78, 5) is 7.21. The summed E-state index contributed by atoms with van der Waals surface area (Å²) in [5.41, 5.74) is 3.42. The smallest absolute Gasteiger partial charge is 0.226 e. The second kappa shape index (κ2) is 7.49. The van der Waals surface area contributed by atoms with E-state index in [2.05, 4.69) is 17.9 Å². The van der Waals surface area contributed by atoms with Gasteiger partial charge in [0.1, 0.15) is 11.5 Å². The highest BCUT2D eigenvalue weighted by molar-refractivity contribution is 5.55. The van der Waals surface area contributed by atoms with Crippen molar-refractivity contribution in [2.24, 2.45) is 0 Å². The minimum absolute atomic E-state index is 0.0358. The van der Waals surface area contributed by atoms with Gasteiger partial charge in [-0.05, 0) is 57.4 Å². The van der Waals surface area contributed by atoms with Crippen LogP contribution in [0, 0.1) is 6.92 Å². The highest BCUT2D eigenvalue weighted by atomic mass is 16.5. The molecule has 1 fully saturated rings. The number of ether oxygens (including phenoxy) is 2. The SMILES string of the molecule is COc1ccc(-c2nc(CN3CCC4(C=C(C)CCO4)CC3)c(C)o2)cc1. The van der Waals surface area contributed by atoms with E-state index in [4.69, 9.17) is 18.9 Å². The lowest BCUT2D eigenvalue weighted by Gasteiger charge is -2.42. The van der Waals surface area contributed by atoms with Gasteiger partial charge in [0.05, 0.1) is 25.0 Å². The summed E-state index contributed by atoms with van der Waals surface area (Å²) in [5.74, 6) is 2.40. The molecule has 2 aliphatic rings. The molecule has 0 atom stereocenters. The fourth-order valence-corrected chi connectivity index (χ4v) is 4.00. The van der Waals surface area contributed by atoms with Crippen LogP contribution in [0.5, 0.6) is 5.75 Å². The normalized spacial score (nSPS) is 19.9. The van der Waals surface area contributed by atoms with Crippen molar-refractivity contribution in [1.29, 1.82) is 0 Å². The van der Waals surface area contributed by atoms with Crippen molar-refractivity contribution in [3.05, 3.63) is 47.4 Å². The van der Waals surface area contributed by atoms with Crippen LogP contribution in [-0.4, -0.2) is 42.3 Å². The Balaban J connectivity index is 1.42. The Hall–Kier alpha value is -2.11. The number of hydrogen-bond acceptors (Lipinski definition) is 5. The lowest BCUT2D eigenvalue weighted by atomic mass is 9.87. The predicted molar refractivity (Wildman–Crippen MR) is 105 cm³/mol. The number of aryl methyl sites for hydroxylation is 1. The lowest BCUT2D eigenvalue weighted by molar-refractivity contribution is -0.0578. The number of piperidine rings is 1. The Morgan fingerprint density at radius 2 is 1.89 bits per heavy atom. The molecule has 2 aromatic rings. The largest absolute Gasteiger partial charge is 0.497 e. The summed E-state index contributed by atoms with van der Waals surface area (Å²) in [6.07, 6.45) is 5.52. The third-order valence-corrected chi connectivity index (χ3v) is 5.70. The average Bonchev–Trinajstić information content (AvgIpc) is 3.04. The summed E-state index contributed by atoms with van der Waals surface area (Å²) < 4.78 is 17.3. The van der Waals surface area contributed by atoms with Crippen LogP contribution in [0.3, 0.4) is 0 Å². The maximum absolute atomic E-state index is 6.13. The van der Waals surface area contributed by atoms with Gasteiger partial charge in [-0.3, -0.25) is 4.90 Å². The molecule has 1 saturated heterocycles. The molecule has 144 valence electrons. The minimum Gasteiger partial charge on any atom is -0.497 e. The molecule has 0 saturated carbocycles. The first-order valence-corrected chi connectivity index (χ1v) is 9.72. The first kappa shape index (κ1) is 18.3. The van der Waals surface area contributed by atoms with E-state index in [9.17, 15) is 0 Å². The van der Waals surface area contributed by atoms with E-state index in [0.29, 0.717) is 5.89 Å². The van der Waals surface area contributed by atoms with Crippen molar-refractivity contribution < 1.29 is 13.9 Å². The number of oxazole rings is 1. The Morgan fingerprint density at radius 1 is 1.15 bits per heavy atom. The maximum Gasteiger partial charge on any atom is 0.226 e. The number of nitrogens with zero attached hydrogens (tertiary/aromatic N) is 2. The number of hydrogen-bond donors (Lipinski definition) is 0. The van der Waals surface area contributed by atoms with E-state index < -0.39 is 0 Å². The van der Waals surface area contributed by atoms with Crippen LogP contribution in [0.4, 0.5) is 0 Å². The average molecular weight is 368 g/mol. The van der Waals surface area contributed by atoms with Crippen molar-refractivity contribution in [2.75, 3.05) is 26.8 Å². The highest BCUT2D eigenvalue weighted by Crippen LogP contribution is 2.34. The molecule has 3 heterocycles. The monoisotopic (exact) mass is 368 g/mol. The zero-order valence-corrected chi connectivity index (χ0v) is 16.5. The van der Waals surface area contributed by atoms with Gasteiger partial charge < -0.3 is 13.9 Å². The summed E-state index contributed by atoms with van der Waals surface area (Å²) in [5, 5.41) is 0. The van der Waals surface area contributed by atoms with Crippen LogP contribution in [0.15, 0.2) is 40.3 Å². The van der Waals surface area contributed by atoms with E-state index >= 15 is 0 Å². The van der Waals surface area contributed by atoms with Gasteiger partial charge in [0.2, 0.25) is 5.89 Å². The topological polar surface area (TPSA) is 47.7 Å². The van der Waals surface area contributed by atoms with Gasteiger partial charge in [-0.15, -0.1) is 0 Å². The molecule has 2 aliphatic heterocycles. The van der Waals surface area contributed by atoms with Crippen molar-refractivity contribution in [3.8, 4) is 17.2 Å². The van der Waals surface area contributed by atoms with Crippen LogP contribution >= 0.6 is 0 Å². The molecule has 0 aliphatic carbocycles. The predicted octanol–water partition coefficient (Wildman–Crippen LogP) is 4.36. The zero-order valence-electron chi connectivity index (χ0n) is 16.5. The first-order chi connectivity index (χ1) is 13.1. The van der Waals surface area contributed by atoms with Crippen LogP contribution < -0.4 is 4.74 Å². The molecule has 0 radical (unpaired) electrons. The molecule has 1 aromatic carbocycles. The Bertz CT molecular complexity index is 815. The van der Waals surface area contributed by atoms with Gasteiger partial charge in [-0.2, -0.15) is 0 Å². The Morgan fingerprint density at radius 3 is 2.56 bits per heavy atom. The third kappa shape index (κ3) is 3.94. The van der Waals surface area contributed by atoms with Crippen molar-refractivity contribution in [2.45, 2.75) is 45.3 Å². The third-order valence-electron chi connectivity index (χ3n) is 5.70. The van der Waals surface area contributed by atoms with Crippen LogP contribution in [0.1, 0.15) is 37.6 Å². The van der Waals surface area contributed by atoms with Crippen molar-refractivity contribution in [3.63, 3.8) is 0 Å². The molecule has 5 heteroatoms. The second-order valence-electron chi connectivity index (χ2n) is 7.68. The minimum atomic E-state index is -0.0358. The maximum atomic E-state index is 6.13. The van der Waals surface area contributed by atoms with Gasteiger partial charge in [-0.1, -0.05) is 11.6 Å². The number of rotatable bonds is 4. The zero-order chi connectivity index (χ0) is 18.9. The van der Waals surface area contributed by atoms with E-state index in [1.54, 1.807) is 7.11 Å². The standard InChI is InChI=1S/C22H28N2O3/c1-16-8-13-26-22(14-16)9-11-24(12-10-22)15-20-17(2)27-21(23-20)18-4-6-19(25-3)7-5-18/h4-7,14H,8-13,15H2,1-3H3. The molecule has 0 bridgehead atoms. The summed E-state index contributed by atoms with van der Waals surface area (Å²) in [6.45, 7) is 7.94. The van der Waals surface area contributed by atoms with Crippen LogP contribution in [-0.2, 0) is 11.3 Å². The summed E-state index contributed by atoms with van der Waals surface area (Å²) in [7, 11) is 1.67. The molecule has 0 amide bonds. The van der Waals surface area contributed by atoms with E-state index in [-0.39, 0.29) is 5.60 Å². The molecular weight excluding hydrogens is 340 g/mol. The van der Waals surface area contributed by atoms with E-state index in [1.807, 2.05) is 31.2 Å². The molecule has 1 aromatic heterocycles. The summed E-state index contributed by atoms with van der Waals surface area (Å²) in [6, 6.07) is 7.82. The van der Waals surface area contributed by atoms with Gasteiger partial charge in [0.15, 0.2) is 0 Å². The fourth-order valence-electron chi connectivity index (χ4n) is 4.00. The highest BCUT2D eigenvalue weighted by Gasteiger charge is 2.35. The second-order valence-corrected chi connectivity index (χ2v) is 7.68. The number of aromatic nitrogens is 1. The van der Waals surface area contributed by atoms with Crippen molar-refractivity contribution in [1.82, 2.24) is 9.88 Å². The molecular formula is C22H28N2O3. The molecule has 1 spiro atoms. The van der Waals surface area contributed by atoms with E-state index in [1.165, 1.54) is 5.57 Å². The lowest BCUT2D eigenvalue weighted by Crippen LogP contribution is -2.46. The van der Waals surface area contributed by atoms with Crippen LogP contribution in [0.2, 0.25) is 0 Å². The van der Waals surface area contributed by atoms with Gasteiger partial charge in [0.25, 0.3) is 0 Å². The number of benzene rings is 1. The molecule has 5 nitrogen and oxygen atoms in total. The molecule has 0 unspecified atom stereocenters. The quantitative estimate of drug-likeness (QED) is 0.751. The molecule has 0 N–H and O–H groups in total. The Labute approximate surface area is 161 Å². The number of likely N-dealkylation sites (tertiary alicyclic amines) is 1. The van der Waals surface area contributed by atoms with Crippen molar-refractivity contribution >= 4 is 0 Å². The molecule has 4 rings (SSSR count). The molecule has 27 heavy (non-hydrogen) atoms. The van der Waals surface area contributed by atoms with Gasteiger partial charge in [0, 0.05) is 25.2 Å². The first-order valence-electron chi connectivity index (χ1n) is 9.72. The fraction of sp³-hybridized carbons (Fsp3) is 0.500. The Kier molecular flexibility index (Phi) is 5.06. The van der Waals surface area contributed by atoms with Gasteiger partial charge in [-0.25, -0.2) is 4.98 Å². The van der Waals surface area contributed by atoms with E-state index in [0.717, 1.165) is 68.3 Å². The summed E-state index contributed by atoms with van der Waals surface area (Å²) >= 11 is 0.